The van der Waals surface area contributed by atoms with Crippen molar-refractivity contribution in [2.75, 3.05) is 35.0 Å². The molecule has 0 fully saturated rings. The Morgan fingerprint density at radius 3 is 1.68 bits per heavy atom. The number of hydrogen-bond acceptors (Lipinski definition) is 8. The van der Waals surface area contributed by atoms with Crippen molar-refractivity contribution in [3.63, 3.8) is 0 Å². The molecule has 0 heterocycles. The van der Waals surface area contributed by atoms with Gasteiger partial charge in [0, 0.05) is 13.0 Å². The third-order valence-corrected chi connectivity index (χ3v) is 3.01. The molecule has 0 bridgehead atoms. The second-order valence-corrected chi connectivity index (χ2v) is 4.38. The van der Waals surface area contributed by atoms with Crippen LogP contribution in [0.3, 0.4) is 0 Å². The third kappa shape index (κ3) is 5.32. The van der Waals surface area contributed by atoms with Crippen LogP contribution in [0.2, 0.25) is 0 Å². The summed E-state index contributed by atoms with van der Waals surface area (Å²) in [5.74, 6) is -5.51. The van der Waals surface area contributed by atoms with Crippen LogP contribution in [0.15, 0.2) is 0 Å². The maximum Gasteiger partial charge on any atom is 0.328 e. The van der Waals surface area contributed by atoms with E-state index in [1.807, 2.05) is 0 Å². The Balaban J connectivity index is 5.39. The van der Waals surface area contributed by atoms with Crippen LogP contribution in [-0.2, 0) is 38.1 Å². The van der Waals surface area contributed by atoms with E-state index in [1.54, 1.807) is 0 Å². The van der Waals surface area contributed by atoms with Crippen LogP contribution in [0.1, 0.15) is 6.92 Å². The van der Waals surface area contributed by atoms with E-state index in [1.165, 1.54) is 14.0 Å². The van der Waals surface area contributed by atoms with Gasteiger partial charge in [-0.25, -0.2) is 4.79 Å². The van der Waals surface area contributed by atoms with Crippen LogP contribution < -0.4 is 5.32 Å². The molecule has 0 saturated carbocycles. The van der Waals surface area contributed by atoms with Gasteiger partial charge >= 0.3 is 17.9 Å². The van der Waals surface area contributed by atoms with E-state index in [4.69, 9.17) is 0 Å². The topological polar surface area (TPSA) is 117 Å². The van der Waals surface area contributed by atoms with Crippen LogP contribution in [0, 0.1) is 11.8 Å². The number of carbonyl (C=O) groups is 4. The Morgan fingerprint density at radius 1 is 0.864 bits per heavy atom. The van der Waals surface area contributed by atoms with Crippen molar-refractivity contribution in [3.8, 4) is 0 Å². The van der Waals surface area contributed by atoms with Gasteiger partial charge in [0.2, 0.25) is 5.91 Å². The summed E-state index contributed by atoms with van der Waals surface area (Å²) < 4.78 is 18.3. The third-order valence-electron chi connectivity index (χ3n) is 3.01. The molecule has 0 radical (unpaired) electrons. The van der Waals surface area contributed by atoms with Gasteiger partial charge in [-0.2, -0.15) is 0 Å². The summed E-state index contributed by atoms with van der Waals surface area (Å²) in [6, 6.07) is -1.24. The fourth-order valence-electron chi connectivity index (χ4n) is 1.85. The fourth-order valence-corrected chi connectivity index (χ4v) is 1.85. The lowest BCUT2D eigenvalue weighted by atomic mass is 9.87. The van der Waals surface area contributed by atoms with E-state index in [0.29, 0.717) is 0 Å². The minimum absolute atomic E-state index is 0.290. The molecule has 2 atom stereocenters. The Hall–Kier alpha value is -2.16. The van der Waals surface area contributed by atoms with Gasteiger partial charge in [-0.15, -0.1) is 0 Å². The number of amides is 1. The largest absolute Gasteiger partial charge is 0.468 e. The van der Waals surface area contributed by atoms with Crippen LogP contribution >= 0.6 is 0 Å². The van der Waals surface area contributed by atoms with E-state index >= 15 is 0 Å². The quantitative estimate of drug-likeness (QED) is 0.340. The number of nitrogens with one attached hydrogen (secondary N) is 1. The molecule has 9 nitrogen and oxygen atoms in total. The molecule has 9 heteroatoms. The lowest BCUT2D eigenvalue weighted by Crippen LogP contribution is -2.51. The molecular formula is C13H21NO8. The first-order valence-electron chi connectivity index (χ1n) is 6.35. The van der Waals surface area contributed by atoms with E-state index in [0.717, 1.165) is 21.3 Å². The number of hydrogen-bond donors (Lipinski definition) is 1. The molecule has 0 aliphatic carbocycles. The highest BCUT2D eigenvalue weighted by Gasteiger charge is 2.42. The molecule has 0 aliphatic heterocycles. The summed E-state index contributed by atoms with van der Waals surface area (Å²) in [4.78, 5) is 47.0. The Kier molecular flexibility index (Phi) is 8.76. The second kappa shape index (κ2) is 9.72. The van der Waals surface area contributed by atoms with E-state index in [9.17, 15) is 19.2 Å². The maximum absolute atomic E-state index is 11.8. The molecule has 0 aromatic rings. The molecule has 22 heavy (non-hydrogen) atoms. The van der Waals surface area contributed by atoms with Crippen molar-refractivity contribution < 1.29 is 38.1 Å². The van der Waals surface area contributed by atoms with Crippen molar-refractivity contribution in [3.05, 3.63) is 0 Å². The summed E-state index contributed by atoms with van der Waals surface area (Å²) in [7, 11) is 4.63. The second-order valence-electron chi connectivity index (χ2n) is 4.38. The smallest absolute Gasteiger partial charge is 0.328 e. The summed E-state index contributed by atoms with van der Waals surface area (Å²) in [6.45, 7) is 1.13. The highest BCUT2D eigenvalue weighted by atomic mass is 16.5. The SMILES string of the molecule is COCC(=O)N[C@@H](C(=O)OC)[C@@H](C)C(C(=O)OC)C(=O)OC. The molecule has 1 amide bonds. The fraction of sp³-hybridized carbons (Fsp3) is 0.692. The number of ether oxygens (including phenoxy) is 4. The van der Waals surface area contributed by atoms with E-state index < -0.39 is 41.7 Å². The number of methoxy groups -OCH3 is 4. The molecule has 0 unspecified atom stereocenters. The first-order chi connectivity index (χ1) is 10.3. The van der Waals surface area contributed by atoms with Gasteiger partial charge in [0.1, 0.15) is 12.6 Å². The predicted molar refractivity (Wildman–Crippen MR) is 72.5 cm³/mol. The molecule has 0 aromatic carbocycles. The highest BCUT2D eigenvalue weighted by Crippen LogP contribution is 2.20. The number of esters is 3. The number of rotatable bonds is 8. The van der Waals surface area contributed by atoms with E-state index in [-0.39, 0.29) is 6.61 Å². The first-order valence-corrected chi connectivity index (χ1v) is 6.35. The zero-order valence-corrected chi connectivity index (χ0v) is 13.2. The van der Waals surface area contributed by atoms with Gasteiger partial charge in [0.25, 0.3) is 0 Å². The van der Waals surface area contributed by atoms with Gasteiger partial charge in [-0.05, 0) is 0 Å². The molecular weight excluding hydrogens is 298 g/mol. The molecule has 0 aromatic heterocycles. The maximum atomic E-state index is 11.8. The van der Waals surface area contributed by atoms with Crippen molar-refractivity contribution in [2.45, 2.75) is 13.0 Å². The monoisotopic (exact) mass is 319 g/mol. The zero-order valence-electron chi connectivity index (χ0n) is 13.2. The molecule has 0 spiro atoms. The molecule has 0 saturated heterocycles. The molecule has 0 rings (SSSR count). The summed E-state index contributed by atoms with van der Waals surface area (Å²) in [6.07, 6.45) is 0. The van der Waals surface area contributed by atoms with Gasteiger partial charge in [-0.1, -0.05) is 6.92 Å². The minimum Gasteiger partial charge on any atom is -0.468 e. The molecule has 126 valence electrons. The standard InChI is InChI=1S/C13H21NO8/c1-7(9(11(16)20-3)12(17)21-4)10(13(18)22-5)14-8(15)6-19-2/h7,9-10H,6H2,1-5H3,(H,14,15)/t7-,10+/m0/s1. The Morgan fingerprint density at radius 2 is 1.32 bits per heavy atom. The van der Waals surface area contributed by atoms with Crippen molar-refractivity contribution >= 4 is 23.8 Å². The van der Waals surface area contributed by atoms with Gasteiger partial charge < -0.3 is 24.3 Å². The van der Waals surface area contributed by atoms with Crippen molar-refractivity contribution in [2.24, 2.45) is 11.8 Å². The average molecular weight is 319 g/mol. The first kappa shape index (κ1) is 19.8. The molecule has 0 aliphatic rings. The van der Waals surface area contributed by atoms with Crippen LogP contribution in [-0.4, -0.2) is 64.9 Å². The zero-order chi connectivity index (χ0) is 17.3. The highest BCUT2D eigenvalue weighted by molar-refractivity contribution is 5.96. The Labute approximate surface area is 128 Å². The van der Waals surface area contributed by atoms with Crippen molar-refractivity contribution in [1.82, 2.24) is 5.32 Å². The lowest BCUT2D eigenvalue weighted by Gasteiger charge is -2.26. The van der Waals surface area contributed by atoms with Crippen molar-refractivity contribution in [1.29, 1.82) is 0 Å². The minimum atomic E-state index is -1.39. The summed E-state index contributed by atoms with van der Waals surface area (Å²) in [5, 5.41) is 2.35. The Bertz CT molecular complexity index is 406. The van der Waals surface area contributed by atoms with Gasteiger partial charge in [0.15, 0.2) is 5.92 Å². The van der Waals surface area contributed by atoms with Gasteiger partial charge in [-0.3, -0.25) is 14.4 Å². The predicted octanol–water partition coefficient (Wildman–Crippen LogP) is -1.11. The summed E-state index contributed by atoms with van der Waals surface area (Å²) in [5.41, 5.74) is 0. The van der Waals surface area contributed by atoms with Crippen LogP contribution in [0.5, 0.6) is 0 Å². The normalized spacial score (nSPS) is 13.0. The average Bonchev–Trinajstić information content (AvgIpc) is 2.51. The van der Waals surface area contributed by atoms with Gasteiger partial charge in [0.05, 0.1) is 21.3 Å². The lowest BCUT2D eigenvalue weighted by molar-refractivity contribution is -0.163. The van der Waals surface area contributed by atoms with E-state index in [2.05, 4.69) is 24.3 Å². The number of carbonyl (C=O) groups excluding carboxylic acids is 4. The van der Waals surface area contributed by atoms with Crippen LogP contribution in [0.4, 0.5) is 0 Å². The molecule has 1 N–H and O–H groups in total. The summed E-state index contributed by atoms with van der Waals surface area (Å²) >= 11 is 0. The van der Waals surface area contributed by atoms with Crippen LogP contribution in [0.25, 0.3) is 0 Å².